The minimum atomic E-state index is -1.69. The summed E-state index contributed by atoms with van der Waals surface area (Å²) in [5, 5.41) is 13.9. The summed E-state index contributed by atoms with van der Waals surface area (Å²) in [5.41, 5.74) is 1.04. The molecule has 9 nitrogen and oxygen atoms in total. The van der Waals surface area contributed by atoms with Gasteiger partial charge >= 0.3 is 6.03 Å². The molecule has 0 radical (unpaired) electrons. The Kier molecular flexibility index (Phi) is 5.75. The number of nitro benzene ring substituents is 1. The van der Waals surface area contributed by atoms with E-state index < -0.39 is 34.2 Å². The molecule has 2 heterocycles. The van der Waals surface area contributed by atoms with Gasteiger partial charge in [-0.1, -0.05) is 60.7 Å². The Bertz CT molecular complexity index is 1360. The Morgan fingerprint density at radius 3 is 2.33 bits per heavy atom. The molecule has 2 atom stereocenters. The Hall–Kier alpha value is -4.53. The molecule has 3 aromatic carbocycles. The quantitative estimate of drug-likeness (QED) is 0.336. The topological polar surface area (TPSA) is 113 Å². The summed E-state index contributed by atoms with van der Waals surface area (Å²) in [5.74, 6) is -1.31. The molecule has 4 amide bonds. The lowest BCUT2D eigenvalue weighted by atomic mass is 9.66. The normalized spacial score (nSPS) is 21.4. The molecule has 36 heavy (non-hydrogen) atoms. The molecule has 5 rings (SSSR count). The van der Waals surface area contributed by atoms with Crippen LogP contribution in [-0.4, -0.2) is 41.3 Å². The van der Waals surface area contributed by atoms with Gasteiger partial charge in [0.1, 0.15) is 0 Å². The van der Waals surface area contributed by atoms with E-state index in [9.17, 15) is 24.5 Å². The van der Waals surface area contributed by atoms with E-state index in [1.807, 2.05) is 60.7 Å². The van der Waals surface area contributed by atoms with Crippen molar-refractivity contribution in [3.05, 3.63) is 106 Å². The molecule has 1 N–H and O–H groups in total. The molecule has 0 bridgehead atoms. The zero-order chi connectivity index (χ0) is 25.4. The van der Waals surface area contributed by atoms with E-state index >= 15 is 0 Å². The third kappa shape index (κ3) is 3.69. The molecule has 2 aliphatic rings. The van der Waals surface area contributed by atoms with Gasteiger partial charge in [0.15, 0.2) is 5.41 Å². The van der Waals surface area contributed by atoms with Gasteiger partial charge in [0.05, 0.1) is 11.0 Å². The largest absolute Gasteiger partial charge is 0.366 e. The molecule has 2 aliphatic heterocycles. The highest BCUT2D eigenvalue weighted by Gasteiger charge is 2.62. The van der Waals surface area contributed by atoms with E-state index in [1.54, 1.807) is 18.0 Å². The molecule has 182 valence electrons. The van der Waals surface area contributed by atoms with Gasteiger partial charge < -0.3 is 4.90 Å². The van der Waals surface area contributed by atoms with Crippen molar-refractivity contribution < 1.29 is 19.3 Å². The second-order valence-electron chi connectivity index (χ2n) is 9.09. The second-order valence-corrected chi connectivity index (χ2v) is 9.09. The lowest BCUT2D eigenvalue weighted by molar-refractivity contribution is -0.384. The van der Waals surface area contributed by atoms with E-state index in [0.29, 0.717) is 17.7 Å². The van der Waals surface area contributed by atoms with Crippen molar-refractivity contribution in [3.63, 3.8) is 0 Å². The minimum absolute atomic E-state index is 0.0757. The predicted octanol–water partition coefficient (Wildman–Crippen LogP) is 3.64. The van der Waals surface area contributed by atoms with Crippen LogP contribution in [0.1, 0.15) is 22.7 Å². The molecular weight excluding hydrogens is 460 g/mol. The van der Waals surface area contributed by atoms with E-state index in [4.69, 9.17) is 0 Å². The number of fused-ring (bicyclic) bond motifs is 1. The SMILES string of the molecule is CN1c2ccc([N+](=O)[O-])cc2C[C@]2(C(=O)NC(=O)N(CCc3ccccc3)C2=O)[C@H]1c1ccccc1. The van der Waals surface area contributed by atoms with Crippen molar-refractivity contribution >= 4 is 29.2 Å². The van der Waals surface area contributed by atoms with Crippen molar-refractivity contribution in [2.45, 2.75) is 18.9 Å². The molecule has 0 saturated carbocycles. The molecule has 9 heteroatoms. The lowest BCUT2D eigenvalue weighted by Crippen LogP contribution is -2.69. The number of anilines is 1. The van der Waals surface area contributed by atoms with Gasteiger partial charge in [0.25, 0.3) is 5.69 Å². The van der Waals surface area contributed by atoms with Crippen molar-refractivity contribution in [2.75, 3.05) is 18.5 Å². The van der Waals surface area contributed by atoms with Gasteiger partial charge in [0, 0.05) is 37.8 Å². The molecule has 3 aromatic rings. The molecule has 0 unspecified atom stereocenters. The predicted molar refractivity (Wildman–Crippen MR) is 132 cm³/mol. The van der Waals surface area contributed by atoms with Crippen LogP contribution in [0.25, 0.3) is 0 Å². The van der Waals surface area contributed by atoms with Crippen LogP contribution in [0, 0.1) is 15.5 Å². The Morgan fingerprint density at radius 2 is 1.67 bits per heavy atom. The van der Waals surface area contributed by atoms with Crippen LogP contribution >= 0.6 is 0 Å². The first-order valence-electron chi connectivity index (χ1n) is 11.6. The van der Waals surface area contributed by atoms with Crippen LogP contribution in [-0.2, 0) is 22.4 Å². The van der Waals surface area contributed by atoms with Gasteiger partial charge in [-0.15, -0.1) is 0 Å². The number of benzene rings is 3. The first-order chi connectivity index (χ1) is 17.3. The Morgan fingerprint density at radius 1 is 1.00 bits per heavy atom. The number of carbonyl (C=O) groups excluding carboxylic acids is 3. The Labute approximate surface area is 207 Å². The van der Waals surface area contributed by atoms with Crippen molar-refractivity contribution in [1.29, 1.82) is 0 Å². The van der Waals surface area contributed by atoms with E-state index in [-0.39, 0.29) is 18.7 Å². The number of nitrogens with one attached hydrogen (secondary N) is 1. The average Bonchev–Trinajstić information content (AvgIpc) is 2.88. The number of hydrogen-bond acceptors (Lipinski definition) is 6. The number of nitrogens with zero attached hydrogens (tertiary/aromatic N) is 3. The molecule has 1 saturated heterocycles. The molecule has 1 spiro atoms. The maximum atomic E-state index is 14.2. The average molecular weight is 485 g/mol. The van der Waals surface area contributed by atoms with Crippen LogP contribution in [0.2, 0.25) is 0 Å². The second kappa shape index (κ2) is 8.92. The maximum Gasteiger partial charge on any atom is 0.330 e. The summed E-state index contributed by atoms with van der Waals surface area (Å²) in [4.78, 5) is 54.5. The van der Waals surface area contributed by atoms with Crippen molar-refractivity contribution in [3.8, 4) is 0 Å². The zero-order valence-electron chi connectivity index (χ0n) is 19.6. The molecular formula is C27H24N4O5. The van der Waals surface area contributed by atoms with Gasteiger partial charge in [-0.25, -0.2) is 4.79 Å². The highest BCUT2D eigenvalue weighted by Crippen LogP contribution is 2.51. The number of amides is 4. The van der Waals surface area contributed by atoms with Crippen LogP contribution in [0.15, 0.2) is 78.9 Å². The smallest absolute Gasteiger partial charge is 0.330 e. The number of hydrogen-bond donors (Lipinski definition) is 1. The van der Waals surface area contributed by atoms with Gasteiger partial charge in [-0.2, -0.15) is 0 Å². The maximum absolute atomic E-state index is 14.2. The molecule has 0 aliphatic carbocycles. The number of rotatable bonds is 5. The number of barbiturate groups is 1. The summed E-state index contributed by atoms with van der Waals surface area (Å²) < 4.78 is 0. The van der Waals surface area contributed by atoms with E-state index in [1.165, 1.54) is 12.1 Å². The van der Waals surface area contributed by atoms with Crippen LogP contribution in [0.5, 0.6) is 0 Å². The summed E-state index contributed by atoms with van der Waals surface area (Å²) in [6.07, 6.45) is 0.353. The number of carbonyl (C=O) groups is 3. The third-order valence-electron chi connectivity index (χ3n) is 7.06. The van der Waals surface area contributed by atoms with Gasteiger partial charge in [0.2, 0.25) is 11.8 Å². The summed E-state index contributed by atoms with van der Waals surface area (Å²) >= 11 is 0. The van der Waals surface area contributed by atoms with Gasteiger partial charge in [-0.05, 0) is 29.2 Å². The third-order valence-corrected chi connectivity index (χ3v) is 7.06. The number of non-ortho nitro benzene ring substituents is 1. The highest BCUT2D eigenvalue weighted by molar-refractivity contribution is 6.20. The van der Waals surface area contributed by atoms with Crippen molar-refractivity contribution in [1.82, 2.24) is 10.2 Å². The highest BCUT2D eigenvalue weighted by atomic mass is 16.6. The summed E-state index contributed by atoms with van der Waals surface area (Å²) in [6, 6.07) is 21.6. The zero-order valence-corrected chi connectivity index (χ0v) is 19.6. The van der Waals surface area contributed by atoms with Crippen molar-refractivity contribution in [2.24, 2.45) is 5.41 Å². The number of nitro groups is 1. The minimum Gasteiger partial charge on any atom is -0.366 e. The molecule has 1 fully saturated rings. The summed E-state index contributed by atoms with van der Waals surface area (Å²) in [7, 11) is 1.76. The van der Waals surface area contributed by atoms with Crippen LogP contribution in [0.3, 0.4) is 0 Å². The van der Waals surface area contributed by atoms with Crippen LogP contribution in [0.4, 0.5) is 16.2 Å². The van der Waals surface area contributed by atoms with Crippen LogP contribution < -0.4 is 10.2 Å². The lowest BCUT2D eigenvalue weighted by Gasteiger charge is -2.51. The van der Waals surface area contributed by atoms with Gasteiger partial charge in [-0.3, -0.25) is 29.9 Å². The first-order valence-corrected chi connectivity index (χ1v) is 11.6. The number of urea groups is 1. The first kappa shape index (κ1) is 23.2. The summed E-state index contributed by atoms with van der Waals surface area (Å²) in [6.45, 7) is 0.0940. The fourth-order valence-electron chi connectivity index (χ4n) is 5.37. The standard InChI is InChI=1S/C27H24N4O5/c1-29-22-13-12-21(31(35)36)16-20(22)17-27(23(29)19-10-6-3-7-11-19)24(32)28-26(34)30(25(27)33)15-14-18-8-4-2-5-9-18/h2-13,16,23H,14-15,17H2,1H3,(H,28,32,34)/t23-,27-/m1/s1. The molecule has 0 aromatic heterocycles. The fourth-order valence-corrected chi connectivity index (χ4v) is 5.37. The number of imide groups is 2. The fraction of sp³-hybridized carbons (Fsp3) is 0.222. The Balaban J connectivity index is 1.62. The monoisotopic (exact) mass is 484 g/mol. The van der Waals surface area contributed by atoms with E-state index in [0.717, 1.165) is 16.0 Å². The van der Waals surface area contributed by atoms with E-state index in [2.05, 4.69) is 5.32 Å².